The molecule has 1 amide bonds. The summed E-state index contributed by atoms with van der Waals surface area (Å²) in [6, 6.07) is 12.5. The first kappa shape index (κ1) is 18.8. The smallest absolute Gasteiger partial charge is 0.275 e. The molecule has 0 aliphatic rings. The second-order valence-corrected chi connectivity index (χ2v) is 7.43. The summed E-state index contributed by atoms with van der Waals surface area (Å²) in [6.45, 7) is 4.00. The normalized spacial score (nSPS) is 12.5. The van der Waals surface area contributed by atoms with Gasteiger partial charge in [0.05, 0.1) is 17.6 Å². The molecular formula is C21H22N6O2. The van der Waals surface area contributed by atoms with E-state index in [4.69, 9.17) is 0 Å². The van der Waals surface area contributed by atoms with Crippen LogP contribution in [0.15, 0.2) is 59.7 Å². The third-order valence-electron chi connectivity index (χ3n) is 4.75. The van der Waals surface area contributed by atoms with Crippen molar-refractivity contribution in [3.63, 3.8) is 0 Å². The van der Waals surface area contributed by atoms with Crippen molar-refractivity contribution < 1.29 is 4.79 Å². The van der Waals surface area contributed by atoms with Gasteiger partial charge in [0.1, 0.15) is 6.54 Å². The van der Waals surface area contributed by atoms with Crippen LogP contribution in [-0.2, 0) is 11.3 Å². The van der Waals surface area contributed by atoms with Crippen LogP contribution >= 0.6 is 0 Å². The lowest BCUT2D eigenvalue weighted by Crippen LogP contribution is -2.36. The second kappa shape index (κ2) is 7.83. The van der Waals surface area contributed by atoms with Gasteiger partial charge in [0, 0.05) is 11.6 Å². The molecule has 8 nitrogen and oxygen atoms in total. The summed E-state index contributed by atoms with van der Waals surface area (Å²) in [5, 5.41) is 16.9. The number of carbonyl (C=O) groups is 1. The molecule has 29 heavy (non-hydrogen) atoms. The molecular weight excluding hydrogens is 368 g/mol. The minimum Gasteiger partial charge on any atom is -0.344 e. The van der Waals surface area contributed by atoms with E-state index in [9.17, 15) is 9.59 Å². The van der Waals surface area contributed by atoms with E-state index in [0.717, 1.165) is 11.0 Å². The molecule has 0 aliphatic heterocycles. The molecule has 3 heterocycles. The van der Waals surface area contributed by atoms with Gasteiger partial charge in [-0.25, -0.2) is 4.68 Å². The number of amides is 1. The van der Waals surface area contributed by atoms with E-state index in [1.165, 1.54) is 4.68 Å². The molecule has 1 N–H and O–H groups in total. The van der Waals surface area contributed by atoms with Gasteiger partial charge < -0.3 is 5.32 Å². The molecule has 1 aromatic carbocycles. The summed E-state index contributed by atoms with van der Waals surface area (Å²) in [5.41, 5.74) is 0.435. The number of rotatable bonds is 6. The summed E-state index contributed by atoms with van der Waals surface area (Å²) >= 11 is 0. The summed E-state index contributed by atoms with van der Waals surface area (Å²) in [4.78, 5) is 25.4. The van der Waals surface area contributed by atoms with Crippen molar-refractivity contribution >= 4 is 22.3 Å². The predicted molar refractivity (Wildman–Crippen MR) is 109 cm³/mol. The highest BCUT2D eigenvalue weighted by Gasteiger charge is 2.22. The Bertz CT molecular complexity index is 1230. The number of nitrogens with zero attached hydrogens (tertiary/aromatic N) is 5. The van der Waals surface area contributed by atoms with Crippen molar-refractivity contribution in [1.29, 1.82) is 0 Å². The average molecular weight is 390 g/mol. The fourth-order valence-corrected chi connectivity index (χ4v) is 3.41. The minimum absolute atomic E-state index is 0.158. The molecule has 0 radical (unpaired) electrons. The van der Waals surface area contributed by atoms with Crippen LogP contribution in [-0.4, -0.2) is 30.3 Å². The Morgan fingerprint density at radius 1 is 1.10 bits per heavy atom. The molecule has 0 unspecified atom stereocenters. The topological polar surface area (TPSA) is 94.2 Å². The number of fused-ring (bicyclic) bond motifs is 2. The quantitative estimate of drug-likeness (QED) is 0.545. The molecule has 8 heteroatoms. The van der Waals surface area contributed by atoms with Gasteiger partial charge in [-0.05, 0) is 30.5 Å². The molecule has 0 saturated carbocycles. The lowest BCUT2D eigenvalue weighted by molar-refractivity contribution is -0.122. The van der Waals surface area contributed by atoms with Crippen LogP contribution in [0.1, 0.15) is 32.1 Å². The third-order valence-corrected chi connectivity index (χ3v) is 4.75. The molecule has 1 atom stereocenters. The van der Waals surface area contributed by atoms with E-state index in [0.29, 0.717) is 23.5 Å². The van der Waals surface area contributed by atoms with Gasteiger partial charge in [0.2, 0.25) is 5.91 Å². The van der Waals surface area contributed by atoms with E-state index >= 15 is 0 Å². The number of benzene rings is 1. The maximum atomic E-state index is 12.8. The molecule has 4 aromatic rings. The predicted octanol–water partition coefficient (Wildman–Crippen LogP) is 2.34. The Morgan fingerprint density at radius 3 is 2.72 bits per heavy atom. The minimum atomic E-state index is -0.323. The van der Waals surface area contributed by atoms with E-state index < -0.39 is 0 Å². The van der Waals surface area contributed by atoms with Gasteiger partial charge in [-0.3, -0.25) is 14.0 Å². The first-order valence-corrected chi connectivity index (χ1v) is 9.57. The van der Waals surface area contributed by atoms with Crippen LogP contribution in [0.5, 0.6) is 0 Å². The monoisotopic (exact) mass is 390 g/mol. The number of aromatic nitrogens is 5. The first-order chi connectivity index (χ1) is 14.0. The zero-order chi connectivity index (χ0) is 20.4. The van der Waals surface area contributed by atoms with Crippen LogP contribution in [0, 0.1) is 5.92 Å². The van der Waals surface area contributed by atoms with Gasteiger partial charge in [0.15, 0.2) is 11.5 Å². The molecule has 0 aliphatic carbocycles. The maximum Gasteiger partial charge on any atom is 0.275 e. The SMILES string of the molecule is CC(C)C[C@H](NC(=O)Cn1ncc2ccccc2c1=O)c1nnc2ccccn12. The van der Waals surface area contributed by atoms with Crippen LogP contribution in [0.3, 0.4) is 0 Å². The van der Waals surface area contributed by atoms with Gasteiger partial charge in [-0.15, -0.1) is 10.2 Å². The van der Waals surface area contributed by atoms with Gasteiger partial charge in [0.25, 0.3) is 5.56 Å². The largest absolute Gasteiger partial charge is 0.344 e. The van der Waals surface area contributed by atoms with Gasteiger partial charge >= 0.3 is 0 Å². The molecule has 0 bridgehead atoms. The number of hydrogen-bond donors (Lipinski definition) is 1. The van der Waals surface area contributed by atoms with Crippen molar-refractivity contribution in [2.75, 3.05) is 0 Å². The Morgan fingerprint density at radius 2 is 1.90 bits per heavy atom. The van der Waals surface area contributed by atoms with E-state index in [-0.39, 0.29) is 24.1 Å². The Balaban J connectivity index is 1.59. The van der Waals surface area contributed by atoms with Crippen LogP contribution in [0.2, 0.25) is 0 Å². The van der Waals surface area contributed by atoms with Crippen molar-refractivity contribution in [2.24, 2.45) is 5.92 Å². The highest BCUT2D eigenvalue weighted by molar-refractivity contribution is 5.81. The van der Waals surface area contributed by atoms with Gasteiger partial charge in [-0.1, -0.05) is 38.1 Å². The Kier molecular flexibility index (Phi) is 5.07. The fourth-order valence-electron chi connectivity index (χ4n) is 3.41. The summed E-state index contributed by atoms with van der Waals surface area (Å²) in [5.74, 6) is 0.701. The standard InChI is InChI=1S/C21H22N6O2/c1-14(2)11-17(20-25-24-18-9-5-6-10-26(18)20)23-19(28)13-27-21(29)16-8-4-3-7-15(16)12-22-27/h3-10,12,14,17H,11,13H2,1-2H3,(H,23,28)/t17-/m0/s1. The highest BCUT2D eigenvalue weighted by atomic mass is 16.2. The summed E-state index contributed by atoms with van der Waals surface area (Å²) in [7, 11) is 0. The Labute approximate surface area is 167 Å². The van der Waals surface area contributed by atoms with E-state index in [1.54, 1.807) is 18.3 Å². The maximum absolute atomic E-state index is 12.8. The van der Waals surface area contributed by atoms with E-state index in [2.05, 4.69) is 34.5 Å². The zero-order valence-electron chi connectivity index (χ0n) is 16.3. The van der Waals surface area contributed by atoms with Crippen molar-refractivity contribution in [3.05, 3.63) is 71.0 Å². The molecule has 148 valence electrons. The average Bonchev–Trinajstić information content (AvgIpc) is 3.14. The summed E-state index contributed by atoms with van der Waals surface area (Å²) in [6.07, 6.45) is 4.17. The van der Waals surface area contributed by atoms with Crippen molar-refractivity contribution in [1.82, 2.24) is 29.7 Å². The molecule has 4 rings (SSSR count). The second-order valence-electron chi connectivity index (χ2n) is 7.43. The third kappa shape index (κ3) is 3.87. The van der Waals surface area contributed by atoms with Crippen molar-refractivity contribution in [2.45, 2.75) is 32.9 Å². The number of hydrogen-bond acceptors (Lipinski definition) is 5. The van der Waals surface area contributed by atoms with Crippen molar-refractivity contribution in [3.8, 4) is 0 Å². The lowest BCUT2D eigenvalue weighted by Gasteiger charge is -2.19. The summed E-state index contributed by atoms with van der Waals surface area (Å²) < 4.78 is 3.06. The molecule has 0 spiro atoms. The fraction of sp³-hybridized carbons (Fsp3) is 0.286. The number of nitrogens with one attached hydrogen (secondary N) is 1. The molecule has 3 aromatic heterocycles. The number of carbonyl (C=O) groups excluding carboxylic acids is 1. The zero-order valence-corrected chi connectivity index (χ0v) is 16.3. The Hall–Kier alpha value is -3.55. The molecule has 0 fully saturated rings. The van der Waals surface area contributed by atoms with Crippen LogP contribution in [0.4, 0.5) is 0 Å². The first-order valence-electron chi connectivity index (χ1n) is 9.57. The van der Waals surface area contributed by atoms with Gasteiger partial charge in [-0.2, -0.15) is 5.10 Å². The number of pyridine rings is 1. The highest BCUT2D eigenvalue weighted by Crippen LogP contribution is 2.20. The van der Waals surface area contributed by atoms with E-state index in [1.807, 2.05) is 40.9 Å². The van der Waals surface area contributed by atoms with Crippen LogP contribution < -0.4 is 10.9 Å². The molecule has 0 saturated heterocycles. The van der Waals surface area contributed by atoms with Crippen LogP contribution in [0.25, 0.3) is 16.4 Å². The lowest BCUT2D eigenvalue weighted by atomic mass is 10.0.